The first kappa shape index (κ1) is 29.2. The van der Waals surface area contributed by atoms with Crippen LogP contribution in [0.4, 0.5) is 9.59 Å². The zero-order valence-corrected chi connectivity index (χ0v) is 26.0. The fraction of sp³-hybridized carbons (Fsp3) is 0.941. The largest absolute Gasteiger partial charge is 0.447 e. The summed E-state index contributed by atoms with van der Waals surface area (Å²) in [7, 11) is 0. The van der Waals surface area contributed by atoms with Gasteiger partial charge in [0.2, 0.25) is 0 Å². The maximum Gasteiger partial charge on any atom is 0.410 e. The molecule has 0 unspecified atom stereocenters. The Balaban J connectivity index is 0.000000137. The molecule has 8 rings (SSSR count). The summed E-state index contributed by atoms with van der Waals surface area (Å²) in [4.78, 5) is 34.4. The first-order valence-electron chi connectivity index (χ1n) is 18.1. The summed E-state index contributed by atoms with van der Waals surface area (Å²) >= 11 is 0. The van der Waals surface area contributed by atoms with Crippen LogP contribution in [-0.2, 0) is 9.47 Å². The Labute approximate surface area is 253 Å². The molecular formula is C34H56N4O4. The highest BCUT2D eigenvalue weighted by molar-refractivity contribution is 5.71. The van der Waals surface area contributed by atoms with Crippen molar-refractivity contribution < 1.29 is 19.1 Å². The lowest BCUT2D eigenvalue weighted by atomic mass is 9.82. The molecule has 8 aliphatic rings. The predicted molar refractivity (Wildman–Crippen MR) is 162 cm³/mol. The number of hydrogen-bond acceptors (Lipinski definition) is 6. The van der Waals surface area contributed by atoms with Crippen molar-refractivity contribution in [3.8, 4) is 0 Å². The first-order valence-corrected chi connectivity index (χ1v) is 18.1. The number of carbonyl (C=O) groups excluding carboxylic acids is 2. The lowest BCUT2D eigenvalue weighted by molar-refractivity contribution is 0.0537. The van der Waals surface area contributed by atoms with E-state index in [1.807, 2.05) is 0 Å². The van der Waals surface area contributed by atoms with Crippen LogP contribution < -0.4 is 0 Å². The lowest BCUT2D eigenvalue weighted by Crippen LogP contribution is -2.56. The molecule has 0 bridgehead atoms. The van der Waals surface area contributed by atoms with Crippen LogP contribution >= 0.6 is 0 Å². The third-order valence-corrected chi connectivity index (χ3v) is 12.6. The van der Waals surface area contributed by atoms with Gasteiger partial charge in [0, 0.05) is 12.1 Å². The summed E-state index contributed by atoms with van der Waals surface area (Å²) in [5.74, 6) is 1.36. The Morgan fingerprint density at radius 2 is 0.762 bits per heavy atom. The van der Waals surface area contributed by atoms with Gasteiger partial charge in [0.05, 0.1) is 24.2 Å². The highest BCUT2D eigenvalue weighted by Crippen LogP contribution is 2.40. The number of carbonyl (C=O) groups is 2. The van der Waals surface area contributed by atoms with Crippen molar-refractivity contribution >= 4 is 12.2 Å². The van der Waals surface area contributed by atoms with Gasteiger partial charge in [0.1, 0.15) is 13.2 Å². The molecule has 0 spiro atoms. The summed E-state index contributed by atoms with van der Waals surface area (Å²) in [6.07, 6.45) is 23.2. The Bertz CT molecular complexity index is 863. The summed E-state index contributed by atoms with van der Waals surface area (Å²) in [6.45, 7) is 6.23. The molecule has 0 aromatic rings. The van der Waals surface area contributed by atoms with Gasteiger partial charge in [-0.15, -0.1) is 0 Å². The van der Waals surface area contributed by atoms with Crippen molar-refractivity contribution in [3.63, 3.8) is 0 Å². The molecule has 236 valence electrons. The van der Waals surface area contributed by atoms with E-state index in [9.17, 15) is 9.59 Å². The molecule has 6 saturated heterocycles. The number of cyclic esters (lactones) is 2. The van der Waals surface area contributed by atoms with E-state index in [0.29, 0.717) is 61.3 Å². The van der Waals surface area contributed by atoms with Gasteiger partial charge in [-0.3, -0.25) is 19.6 Å². The Morgan fingerprint density at radius 3 is 1.14 bits per heavy atom. The average Bonchev–Trinajstić information content (AvgIpc) is 3.84. The number of nitrogens with zero attached hydrogens (tertiary/aromatic N) is 4. The number of fused-ring (bicyclic) bond motifs is 2. The molecule has 8 fully saturated rings. The van der Waals surface area contributed by atoms with Crippen molar-refractivity contribution in [1.29, 1.82) is 0 Å². The van der Waals surface area contributed by atoms with Gasteiger partial charge < -0.3 is 9.47 Å². The van der Waals surface area contributed by atoms with Crippen molar-refractivity contribution in [1.82, 2.24) is 19.6 Å². The molecule has 8 heteroatoms. The quantitative estimate of drug-likeness (QED) is 0.402. The zero-order valence-electron chi connectivity index (χ0n) is 26.0. The summed E-state index contributed by atoms with van der Waals surface area (Å²) in [5, 5.41) is 0. The van der Waals surface area contributed by atoms with E-state index in [2.05, 4.69) is 19.6 Å². The minimum absolute atomic E-state index is 0.0238. The van der Waals surface area contributed by atoms with Gasteiger partial charge in [-0.2, -0.15) is 0 Å². The van der Waals surface area contributed by atoms with E-state index < -0.39 is 0 Å². The van der Waals surface area contributed by atoms with Crippen molar-refractivity contribution in [2.75, 3.05) is 39.4 Å². The fourth-order valence-corrected chi connectivity index (χ4v) is 10.6. The van der Waals surface area contributed by atoms with Crippen molar-refractivity contribution in [2.24, 2.45) is 11.8 Å². The molecule has 8 nitrogen and oxygen atoms in total. The monoisotopic (exact) mass is 584 g/mol. The van der Waals surface area contributed by atoms with Crippen LogP contribution in [0.15, 0.2) is 0 Å². The van der Waals surface area contributed by atoms with Crippen molar-refractivity contribution in [2.45, 2.75) is 152 Å². The van der Waals surface area contributed by atoms with Crippen LogP contribution in [0.3, 0.4) is 0 Å². The second kappa shape index (κ2) is 13.2. The second-order valence-corrected chi connectivity index (χ2v) is 14.8. The molecule has 6 heterocycles. The summed E-state index contributed by atoms with van der Waals surface area (Å²) in [6, 6.07) is 2.78. The maximum atomic E-state index is 12.4. The van der Waals surface area contributed by atoms with Gasteiger partial charge in [0.25, 0.3) is 0 Å². The topological polar surface area (TPSA) is 65.6 Å². The van der Waals surface area contributed by atoms with E-state index >= 15 is 0 Å². The van der Waals surface area contributed by atoms with Gasteiger partial charge in [-0.25, -0.2) is 9.59 Å². The number of hydrogen-bond donors (Lipinski definition) is 0. The number of piperidine rings is 2. The molecule has 0 N–H and O–H groups in total. The third kappa shape index (κ3) is 5.80. The van der Waals surface area contributed by atoms with Gasteiger partial charge in [-0.05, 0) is 115 Å². The standard InChI is InChI=1S/2C17H28N2O2/c2*20-17-19(15-9-5-11-18-10-4-8-14(15)18)16(12-21-17)13-6-2-1-3-7-13/h2*13-16H,1-12H2/t2*14-,15+,16-/m11/s1. The highest BCUT2D eigenvalue weighted by Gasteiger charge is 2.49. The minimum atomic E-state index is -0.0238. The summed E-state index contributed by atoms with van der Waals surface area (Å²) in [5.41, 5.74) is 0. The smallest absolute Gasteiger partial charge is 0.410 e. The normalized spacial score (nSPS) is 38.6. The number of ether oxygens (including phenoxy) is 2. The zero-order chi connectivity index (χ0) is 28.5. The van der Waals surface area contributed by atoms with Crippen LogP contribution in [0, 0.1) is 11.8 Å². The molecule has 0 aromatic carbocycles. The van der Waals surface area contributed by atoms with E-state index in [0.717, 1.165) is 0 Å². The van der Waals surface area contributed by atoms with Crippen LogP contribution in [0.2, 0.25) is 0 Å². The molecule has 6 aliphatic heterocycles. The Morgan fingerprint density at radius 1 is 0.405 bits per heavy atom. The lowest BCUT2D eigenvalue weighted by Gasteiger charge is -2.44. The van der Waals surface area contributed by atoms with E-state index in [1.165, 1.54) is 142 Å². The molecule has 2 amide bonds. The van der Waals surface area contributed by atoms with E-state index in [1.54, 1.807) is 0 Å². The highest BCUT2D eigenvalue weighted by atomic mass is 16.6. The average molecular weight is 585 g/mol. The fourth-order valence-electron chi connectivity index (χ4n) is 10.6. The van der Waals surface area contributed by atoms with Crippen LogP contribution in [0.5, 0.6) is 0 Å². The van der Waals surface area contributed by atoms with E-state index in [-0.39, 0.29) is 12.2 Å². The molecule has 42 heavy (non-hydrogen) atoms. The molecule has 0 aromatic heterocycles. The van der Waals surface area contributed by atoms with Crippen molar-refractivity contribution in [3.05, 3.63) is 0 Å². The Hall–Kier alpha value is -1.54. The van der Waals surface area contributed by atoms with Gasteiger partial charge >= 0.3 is 12.2 Å². The number of amides is 2. The number of rotatable bonds is 4. The molecule has 2 saturated carbocycles. The van der Waals surface area contributed by atoms with Gasteiger partial charge in [-0.1, -0.05) is 38.5 Å². The second-order valence-electron chi connectivity index (χ2n) is 14.8. The molecule has 6 atom stereocenters. The Kier molecular flexibility index (Phi) is 9.18. The minimum Gasteiger partial charge on any atom is -0.447 e. The van der Waals surface area contributed by atoms with Gasteiger partial charge in [0.15, 0.2) is 0 Å². The maximum absolute atomic E-state index is 12.4. The van der Waals surface area contributed by atoms with Crippen LogP contribution in [0.25, 0.3) is 0 Å². The molecular weight excluding hydrogens is 528 g/mol. The third-order valence-electron chi connectivity index (χ3n) is 12.6. The predicted octanol–water partition coefficient (Wildman–Crippen LogP) is 6.03. The SMILES string of the molecule is O=C1OC[C@H](C2CCCCC2)N1[C@H]1CCCN2CCC[C@H]12.O=C1OC[C@H](C2CCCCC2)N1[C@H]1CCCN2CCC[C@H]12. The molecule has 0 radical (unpaired) electrons. The first-order chi connectivity index (χ1) is 20.7. The van der Waals surface area contributed by atoms with Crippen LogP contribution in [0.1, 0.15) is 116 Å². The molecule has 2 aliphatic carbocycles. The summed E-state index contributed by atoms with van der Waals surface area (Å²) < 4.78 is 11.0. The van der Waals surface area contributed by atoms with Crippen LogP contribution in [-0.4, -0.2) is 107 Å². The van der Waals surface area contributed by atoms with E-state index in [4.69, 9.17) is 9.47 Å².